The molecule has 0 amide bonds. The van der Waals surface area contributed by atoms with Crippen LogP contribution in [0.25, 0.3) is 0 Å². The minimum Gasteiger partial charge on any atom is -0.313 e. The zero-order valence-corrected chi connectivity index (χ0v) is 15.2. The molecular weight excluding hydrogens is 351 g/mol. The third kappa shape index (κ3) is 3.86. The largest absolute Gasteiger partial charge is 0.313 e. The molecule has 4 rings (SSSR count). The van der Waals surface area contributed by atoms with Crippen LogP contribution >= 0.6 is 11.3 Å². The van der Waals surface area contributed by atoms with Crippen LogP contribution in [0.3, 0.4) is 0 Å². The summed E-state index contributed by atoms with van der Waals surface area (Å²) in [5.74, 6) is 0.468. The summed E-state index contributed by atoms with van der Waals surface area (Å²) in [4.78, 5) is 11.4. The second kappa shape index (κ2) is 7.43. The first-order valence-corrected chi connectivity index (χ1v) is 9.36. The van der Waals surface area contributed by atoms with E-state index in [-0.39, 0.29) is 11.9 Å². The number of hydrogen-bond acceptors (Lipinski definition) is 7. The van der Waals surface area contributed by atoms with E-state index in [0.29, 0.717) is 10.9 Å². The molecule has 1 saturated heterocycles. The molecule has 1 N–H and O–H groups in total. The monoisotopic (exact) mass is 370 g/mol. The number of aryl methyl sites for hydroxylation is 1. The molecule has 26 heavy (non-hydrogen) atoms. The average Bonchev–Trinajstić information content (AvgIpc) is 3.26. The van der Waals surface area contributed by atoms with Crippen molar-refractivity contribution in [2.75, 3.05) is 11.9 Å². The summed E-state index contributed by atoms with van der Waals surface area (Å²) in [6, 6.07) is 6.91. The Labute approximate surface area is 155 Å². The lowest BCUT2D eigenvalue weighted by Gasteiger charge is -2.24. The van der Waals surface area contributed by atoms with Gasteiger partial charge in [0.1, 0.15) is 10.8 Å². The number of rotatable bonds is 5. The van der Waals surface area contributed by atoms with Crippen LogP contribution in [0.15, 0.2) is 36.7 Å². The molecule has 134 valence electrons. The van der Waals surface area contributed by atoms with E-state index in [1.54, 1.807) is 6.20 Å². The van der Waals surface area contributed by atoms with Gasteiger partial charge in [0.05, 0.1) is 24.1 Å². The number of nitrogens with zero attached hydrogens (tertiary/aromatic N) is 5. The Hall–Kier alpha value is -2.45. The summed E-state index contributed by atoms with van der Waals surface area (Å²) in [7, 11) is 0. The molecule has 1 atom stereocenters. The minimum atomic E-state index is -0.205. The van der Waals surface area contributed by atoms with Crippen molar-refractivity contribution >= 4 is 22.3 Å². The second-order valence-electron chi connectivity index (χ2n) is 6.34. The highest BCUT2D eigenvalue weighted by molar-refractivity contribution is 7.15. The predicted molar refractivity (Wildman–Crippen MR) is 98.7 cm³/mol. The number of nitrogens with one attached hydrogen (secondary N) is 1. The first-order chi connectivity index (χ1) is 12.7. The van der Waals surface area contributed by atoms with E-state index >= 15 is 0 Å². The summed E-state index contributed by atoms with van der Waals surface area (Å²) in [6.07, 6.45) is 5.67. The Kier molecular flexibility index (Phi) is 4.85. The first-order valence-electron chi connectivity index (χ1n) is 8.55. The highest BCUT2D eigenvalue weighted by atomic mass is 32.1. The van der Waals surface area contributed by atoms with Crippen LogP contribution in [0.1, 0.15) is 35.1 Å². The van der Waals surface area contributed by atoms with Crippen molar-refractivity contribution in [2.45, 2.75) is 32.4 Å². The SMILES string of the molecule is Cc1nnc(Nc2cncc([C@H]3CCCN3Cc3ccc(F)cc3)n2)s1. The van der Waals surface area contributed by atoms with Gasteiger partial charge in [-0.05, 0) is 44.0 Å². The van der Waals surface area contributed by atoms with E-state index in [4.69, 9.17) is 4.98 Å². The maximum atomic E-state index is 13.1. The number of halogens is 1. The fourth-order valence-corrected chi connectivity index (χ4v) is 3.83. The molecular formula is C18H19FN6S. The average molecular weight is 370 g/mol. The van der Waals surface area contributed by atoms with Gasteiger partial charge < -0.3 is 5.32 Å². The Morgan fingerprint density at radius 3 is 2.85 bits per heavy atom. The summed E-state index contributed by atoms with van der Waals surface area (Å²) in [5, 5.41) is 12.8. The minimum absolute atomic E-state index is 0.205. The number of aromatic nitrogens is 4. The van der Waals surface area contributed by atoms with Crippen molar-refractivity contribution in [3.63, 3.8) is 0 Å². The molecule has 6 nitrogen and oxygen atoms in total. The van der Waals surface area contributed by atoms with Crippen LogP contribution in [0.4, 0.5) is 15.3 Å². The molecule has 0 spiro atoms. The second-order valence-corrected chi connectivity index (χ2v) is 7.52. The smallest absolute Gasteiger partial charge is 0.211 e. The molecule has 0 aliphatic carbocycles. The van der Waals surface area contributed by atoms with Gasteiger partial charge >= 0.3 is 0 Å². The maximum Gasteiger partial charge on any atom is 0.211 e. The lowest BCUT2D eigenvalue weighted by atomic mass is 10.1. The number of hydrogen-bond donors (Lipinski definition) is 1. The van der Waals surface area contributed by atoms with Gasteiger partial charge in [0.2, 0.25) is 5.13 Å². The van der Waals surface area contributed by atoms with E-state index in [0.717, 1.165) is 42.2 Å². The van der Waals surface area contributed by atoms with Crippen LogP contribution in [0, 0.1) is 12.7 Å². The Morgan fingerprint density at radius 1 is 1.23 bits per heavy atom. The van der Waals surface area contributed by atoms with Crippen molar-refractivity contribution in [3.05, 3.63) is 58.7 Å². The lowest BCUT2D eigenvalue weighted by molar-refractivity contribution is 0.244. The van der Waals surface area contributed by atoms with Gasteiger partial charge in [-0.1, -0.05) is 23.5 Å². The normalized spacial score (nSPS) is 17.5. The predicted octanol–water partition coefficient (Wildman–Crippen LogP) is 3.86. The summed E-state index contributed by atoms with van der Waals surface area (Å²) < 4.78 is 13.1. The highest BCUT2D eigenvalue weighted by Crippen LogP contribution is 2.32. The quantitative estimate of drug-likeness (QED) is 0.736. The topological polar surface area (TPSA) is 66.8 Å². The molecule has 0 unspecified atom stereocenters. The van der Waals surface area contributed by atoms with Crippen LogP contribution < -0.4 is 5.32 Å². The molecule has 1 aromatic carbocycles. The standard InChI is InChI=1S/C18H19FN6S/c1-12-23-24-18(26-12)22-17-10-20-9-15(21-17)16-3-2-8-25(16)11-13-4-6-14(19)7-5-13/h4-7,9-10,16H,2-3,8,11H2,1H3,(H,21,22,24)/t16-/m1/s1. The number of benzene rings is 1. The molecule has 2 aromatic heterocycles. The van der Waals surface area contributed by atoms with Gasteiger partial charge in [-0.3, -0.25) is 9.88 Å². The number of anilines is 2. The Balaban J connectivity index is 1.50. The molecule has 8 heteroatoms. The zero-order valence-electron chi connectivity index (χ0n) is 14.4. The van der Waals surface area contributed by atoms with Crippen LogP contribution in [0.5, 0.6) is 0 Å². The van der Waals surface area contributed by atoms with Crippen molar-refractivity contribution in [3.8, 4) is 0 Å². The lowest BCUT2D eigenvalue weighted by Crippen LogP contribution is -2.23. The van der Waals surface area contributed by atoms with Gasteiger partial charge in [-0.15, -0.1) is 10.2 Å². The Bertz CT molecular complexity index is 881. The van der Waals surface area contributed by atoms with E-state index in [2.05, 4.69) is 25.4 Å². The maximum absolute atomic E-state index is 13.1. The summed E-state index contributed by atoms with van der Waals surface area (Å²) in [6.45, 7) is 3.69. The van der Waals surface area contributed by atoms with Gasteiger partial charge in [0, 0.05) is 6.54 Å². The van der Waals surface area contributed by atoms with Crippen molar-refractivity contribution < 1.29 is 4.39 Å². The van der Waals surface area contributed by atoms with Gasteiger partial charge in [0.15, 0.2) is 5.82 Å². The molecule has 0 radical (unpaired) electrons. The number of likely N-dealkylation sites (tertiary alicyclic amines) is 1. The van der Waals surface area contributed by atoms with Crippen LogP contribution in [-0.4, -0.2) is 31.6 Å². The molecule has 1 aliphatic rings. The van der Waals surface area contributed by atoms with Gasteiger partial charge in [0.25, 0.3) is 0 Å². The molecule has 1 aliphatic heterocycles. The highest BCUT2D eigenvalue weighted by Gasteiger charge is 2.27. The summed E-state index contributed by atoms with van der Waals surface area (Å²) >= 11 is 1.48. The fraction of sp³-hybridized carbons (Fsp3) is 0.333. The first kappa shape index (κ1) is 17.0. The third-order valence-corrected chi connectivity index (χ3v) is 5.17. The van der Waals surface area contributed by atoms with E-state index < -0.39 is 0 Å². The molecule has 0 bridgehead atoms. The fourth-order valence-electron chi connectivity index (χ4n) is 3.23. The van der Waals surface area contributed by atoms with Crippen molar-refractivity contribution in [2.24, 2.45) is 0 Å². The van der Waals surface area contributed by atoms with E-state index in [1.165, 1.54) is 23.5 Å². The Morgan fingerprint density at radius 2 is 2.08 bits per heavy atom. The van der Waals surface area contributed by atoms with Gasteiger partial charge in [-0.25, -0.2) is 9.37 Å². The molecule has 1 fully saturated rings. The molecule has 0 saturated carbocycles. The molecule has 3 heterocycles. The molecule has 3 aromatic rings. The van der Waals surface area contributed by atoms with E-state index in [9.17, 15) is 4.39 Å². The van der Waals surface area contributed by atoms with Crippen molar-refractivity contribution in [1.82, 2.24) is 25.1 Å². The van der Waals surface area contributed by atoms with Crippen LogP contribution in [-0.2, 0) is 6.54 Å². The van der Waals surface area contributed by atoms with Crippen molar-refractivity contribution in [1.29, 1.82) is 0 Å². The third-order valence-electron chi connectivity index (χ3n) is 4.42. The van der Waals surface area contributed by atoms with Crippen LogP contribution in [0.2, 0.25) is 0 Å². The van der Waals surface area contributed by atoms with Gasteiger partial charge in [-0.2, -0.15) is 0 Å². The van der Waals surface area contributed by atoms with E-state index in [1.807, 2.05) is 25.3 Å². The summed E-state index contributed by atoms with van der Waals surface area (Å²) in [5.41, 5.74) is 2.04. The zero-order chi connectivity index (χ0) is 17.9.